The Kier molecular flexibility index (Phi) is 7.93. The molecule has 0 bridgehead atoms. The van der Waals surface area contributed by atoms with Gasteiger partial charge in [0.2, 0.25) is 15.9 Å². The van der Waals surface area contributed by atoms with Gasteiger partial charge in [0.1, 0.15) is 0 Å². The van der Waals surface area contributed by atoms with E-state index in [9.17, 15) is 18.0 Å². The molecular formula is C20H25N3O4S3. The predicted molar refractivity (Wildman–Crippen MR) is 120 cm³/mol. The summed E-state index contributed by atoms with van der Waals surface area (Å²) in [7, 11) is -3.71. The quantitative estimate of drug-likeness (QED) is 0.602. The van der Waals surface area contributed by atoms with Crippen molar-refractivity contribution < 1.29 is 18.0 Å². The number of carbonyl (C=O) groups is 2. The maximum Gasteiger partial charge on any atom is 0.251 e. The largest absolute Gasteiger partial charge is 0.351 e. The molecule has 0 spiro atoms. The second-order valence-electron chi connectivity index (χ2n) is 6.83. The summed E-state index contributed by atoms with van der Waals surface area (Å²) >= 11 is 3.45. The highest BCUT2D eigenvalue weighted by Gasteiger charge is 2.29. The van der Waals surface area contributed by atoms with Crippen molar-refractivity contribution in [1.29, 1.82) is 0 Å². The van der Waals surface area contributed by atoms with Gasteiger partial charge < -0.3 is 10.2 Å². The van der Waals surface area contributed by atoms with E-state index in [0.717, 1.165) is 11.5 Å². The van der Waals surface area contributed by atoms with E-state index in [0.29, 0.717) is 25.2 Å². The van der Waals surface area contributed by atoms with Gasteiger partial charge in [-0.3, -0.25) is 9.59 Å². The van der Waals surface area contributed by atoms with Gasteiger partial charge in [0.25, 0.3) is 5.91 Å². The van der Waals surface area contributed by atoms with Gasteiger partial charge in [0.15, 0.2) is 0 Å². The molecule has 2 heterocycles. The van der Waals surface area contributed by atoms with Crippen LogP contribution in [0.15, 0.2) is 46.7 Å². The Bertz CT molecular complexity index is 969. The van der Waals surface area contributed by atoms with E-state index in [1.54, 1.807) is 40.1 Å². The Labute approximate surface area is 185 Å². The number of hydrogen-bond acceptors (Lipinski definition) is 6. The third-order valence-corrected chi connectivity index (χ3v) is 8.74. The number of nitrogens with one attached hydrogen (secondary N) is 1. The molecule has 0 unspecified atom stereocenters. The fraction of sp³-hybridized carbons (Fsp3) is 0.400. The minimum atomic E-state index is -3.71. The minimum absolute atomic E-state index is 0.0562. The van der Waals surface area contributed by atoms with E-state index in [1.165, 1.54) is 28.2 Å². The van der Waals surface area contributed by atoms with E-state index in [2.05, 4.69) is 11.4 Å². The average Bonchev–Trinajstić information content (AvgIpc) is 3.27. The van der Waals surface area contributed by atoms with Gasteiger partial charge in [0, 0.05) is 61.6 Å². The third-order valence-electron chi connectivity index (χ3n) is 4.77. The molecule has 1 aliphatic rings. The van der Waals surface area contributed by atoms with Crippen molar-refractivity contribution >= 4 is 44.9 Å². The number of thiophene rings is 1. The first kappa shape index (κ1) is 22.8. The molecule has 1 aromatic carbocycles. The Balaban J connectivity index is 1.54. The molecule has 7 nitrogen and oxygen atoms in total. The highest BCUT2D eigenvalue weighted by atomic mass is 32.2. The molecule has 2 aromatic rings. The third kappa shape index (κ3) is 5.84. The number of benzene rings is 1. The van der Waals surface area contributed by atoms with Gasteiger partial charge in [-0.05, 0) is 29.6 Å². The monoisotopic (exact) mass is 467 g/mol. The molecule has 0 radical (unpaired) electrons. The van der Waals surface area contributed by atoms with Crippen LogP contribution in [0.5, 0.6) is 0 Å². The first-order chi connectivity index (χ1) is 14.4. The van der Waals surface area contributed by atoms with E-state index >= 15 is 0 Å². The summed E-state index contributed by atoms with van der Waals surface area (Å²) in [5.74, 6) is 1.35. The minimum Gasteiger partial charge on any atom is -0.351 e. The standard InChI is InChI=1S/C20H25N3O4S3/c1-16(24)22-8-10-23(11-9-22)30(26,27)19-6-2-4-17(14-19)20(25)21-7-13-28-15-18-5-3-12-29-18/h2-6,12,14H,7-11,13,15H2,1H3,(H,21,25). The topological polar surface area (TPSA) is 86.8 Å². The van der Waals surface area contributed by atoms with Crippen LogP contribution in [0, 0.1) is 0 Å². The first-order valence-corrected chi connectivity index (χ1v) is 13.1. The van der Waals surface area contributed by atoms with Gasteiger partial charge >= 0.3 is 0 Å². The normalized spacial score (nSPS) is 15.2. The summed E-state index contributed by atoms with van der Waals surface area (Å²) in [6.07, 6.45) is 0. The Hall–Kier alpha value is -1.88. The lowest BCUT2D eigenvalue weighted by atomic mass is 10.2. The van der Waals surface area contributed by atoms with Gasteiger partial charge in [-0.1, -0.05) is 12.1 Å². The lowest BCUT2D eigenvalue weighted by Crippen LogP contribution is -2.49. The van der Waals surface area contributed by atoms with Crippen LogP contribution in [-0.2, 0) is 20.6 Å². The van der Waals surface area contributed by atoms with Crippen LogP contribution in [0.4, 0.5) is 0 Å². The molecule has 1 aliphatic heterocycles. The zero-order chi connectivity index (χ0) is 21.6. The molecule has 30 heavy (non-hydrogen) atoms. The Morgan fingerprint density at radius 1 is 1.13 bits per heavy atom. The molecule has 1 N–H and O–H groups in total. The number of rotatable bonds is 8. The number of sulfonamides is 1. The fourth-order valence-corrected chi connectivity index (χ4v) is 6.26. The maximum atomic E-state index is 12.9. The van der Waals surface area contributed by atoms with Gasteiger partial charge in [0.05, 0.1) is 4.90 Å². The smallest absolute Gasteiger partial charge is 0.251 e. The van der Waals surface area contributed by atoms with Crippen LogP contribution in [0.2, 0.25) is 0 Å². The summed E-state index contributed by atoms with van der Waals surface area (Å²) in [6.45, 7) is 3.24. The maximum absolute atomic E-state index is 12.9. The van der Waals surface area contributed by atoms with E-state index in [4.69, 9.17) is 0 Å². The number of hydrogen-bond donors (Lipinski definition) is 1. The Morgan fingerprint density at radius 3 is 2.57 bits per heavy atom. The summed E-state index contributed by atoms with van der Waals surface area (Å²) in [5, 5.41) is 4.89. The van der Waals surface area contributed by atoms with Crippen LogP contribution in [0.3, 0.4) is 0 Å². The van der Waals surface area contributed by atoms with E-state index in [1.807, 2.05) is 11.4 Å². The van der Waals surface area contributed by atoms with Crippen LogP contribution >= 0.6 is 23.1 Å². The number of carbonyl (C=O) groups excluding carboxylic acids is 2. The molecule has 0 atom stereocenters. The molecular weight excluding hydrogens is 442 g/mol. The molecule has 0 saturated carbocycles. The second kappa shape index (κ2) is 10.4. The first-order valence-electron chi connectivity index (χ1n) is 9.62. The van der Waals surface area contributed by atoms with Gasteiger partial charge in [-0.15, -0.1) is 11.3 Å². The second-order valence-corrected chi connectivity index (χ2v) is 10.9. The number of amides is 2. The van der Waals surface area contributed by atoms with Crippen molar-refractivity contribution in [1.82, 2.24) is 14.5 Å². The van der Waals surface area contributed by atoms with Crippen molar-refractivity contribution in [2.75, 3.05) is 38.5 Å². The number of nitrogens with zero attached hydrogens (tertiary/aromatic N) is 2. The van der Waals surface area contributed by atoms with Crippen LogP contribution in [-0.4, -0.2) is 67.9 Å². The molecule has 1 fully saturated rings. The van der Waals surface area contributed by atoms with E-state index < -0.39 is 10.0 Å². The molecule has 162 valence electrons. The van der Waals surface area contributed by atoms with Gasteiger partial charge in [-0.2, -0.15) is 16.1 Å². The Morgan fingerprint density at radius 2 is 1.90 bits per heavy atom. The van der Waals surface area contributed by atoms with Crippen molar-refractivity contribution in [2.45, 2.75) is 17.6 Å². The lowest BCUT2D eigenvalue weighted by Gasteiger charge is -2.33. The van der Waals surface area contributed by atoms with Gasteiger partial charge in [-0.25, -0.2) is 8.42 Å². The predicted octanol–water partition coefficient (Wildman–Crippen LogP) is 2.26. The van der Waals surface area contributed by atoms with Crippen molar-refractivity contribution in [3.63, 3.8) is 0 Å². The summed E-state index contributed by atoms with van der Waals surface area (Å²) in [5.41, 5.74) is 0.321. The van der Waals surface area contributed by atoms with Crippen molar-refractivity contribution in [2.24, 2.45) is 0 Å². The van der Waals surface area contributed by atoms with Crippen LogP contribution < -0.4 is 5.32 Å². The SMILES string of the molecule is CC(=O)N1CCN(S(=O)(=O)c2cccc(C(=O)NCCSCc3cccs3)c2)CC1. The molecule has 2 amide bonds. The number of thioether (sulfide) groups is 1. The van der Waals surface area contributed by atoms with Crippen LogP contribution in [0.25, 0.3) is 0 Å². The highest BCUT2D eigenvalue weighted by Crippen LogP contribution is 2.19. The number of piperazine rings is 1. The van der Waals surface area contributed by atoms with Crippen molar-refractivity contribution in [3.8, 4) is 0 Å². The summed E-state index contributed by atoms with van der Waals surface area (Å²) in [4.78, 5) is 26.9. The van der Waals surface area contributed by atoms with Crippen LogP contribution in [0.1, 0.15) is 22.2 Å². The zero-order valence-corrected chi connectivity index (χ0v) is 19.2. The average molecular weight is 468 g/mol. The molecule has 1 saturated heterocycles. The zero-order valence-electron chi connectivity index (χ0n) is 16.7. The molecule has 1 aromatic heterocycles. The summed E-state index contributed by atoms with van der Waals surface area (Å²) < 4.78 is 27.2. The molecule has 10 heteroatoms. The van der Waals surface area contributed by atoms with E-state index in [-0.39, 0.29) is 29.8 Å². The molecule has 3 rings (SSSR count). The molecule has 0 aliphatic carbocycles. The fourth-order valence-electron chi connectivity index (χ4n) is 3.10. The lowest BCUT2D eigenvalue weighted by molar-refractivity contribution is -0.129. The van der Waals surface area contributed by atoms with Crippen molar-refractivity contribution in [3.05, 3.63) is 52.2 Å². The summed E-state index contributed by atoms with van der Waals surface area (Å²) in [6, 6.07) is 10.2. The highest BCUT2D eigenvalue weighted by molar-refractivity contribution is 7.98.